The lowest BCUT2D eigenvalue weighted by Crippen LogP contribution is -2.42. The molecule has 156 valence electrons. The van der Waals surface area contributed by atoms with Gasteiger partial charge in [0.1, 0.15) is 12.4 Å². The smallest absolute Gasteiger partial charge is 0.213 e. The number of aliphatic carboxylic acids is 1. The number of aromatic nitrogens is 3. The molecule has 0 aliphatic heterocycles. The molecule has 0 spiro atoms. The normalized spacial score (nSPS) is 11.3. The van der Waals surface area contributed by atoms with Gasteiger partial charge in [0.2, 0.25) is 5.88 Å². The molecule has 1 N–H and O–H groups in total. The van der Waals surface area contributed by atoms with E-state index in [1.807, 2.05) is 66.9 Å². The number of benzene rings is 2. The summed E-state index contributed by atoms with van der Waals surface area (Å²) in [6.45, 7) is 3.10. The Bertz CT molecular complexity index is 1160. The van der Waals surface area contributed by atoms with E-state index >= 15 is 0 Å². The average Bonchev–Trinajstić information content (AvgIpc) is 3.29. The Balaban J connectivity index is 1.45. The standard InChI is InChI=1S/C25H23N3O3/c1-25(2,24(29)30)16-31-22-13-12-20(14-26-22)17-8-10-19(11-9-17)23-27-15-21(28-23)18-6-4-3-5-7-18/h3-15H,16H2,1-2H3,(H,27,28)(H,29,30)/p-1. The van der Waals surface area contributed by atoms with Crippen LogP contribution in [0.25, 0.3) is 33.8 Å². The second kappa shape index (κ2) is 8.44. The highest BCUT2D eigenvalue weighted by Gasteiger charge is 2.20. The number of hydrogen-bond donors (Lipinski definition) is 1. The van der Waals surface area contributed by atoms with Gasteiger partial charge in [0.15, 0.2) is 0 Å². The summed E-state index contributed by atoms with van der Waals surface area (Å²) in [5, 5.41) is 11.1. The molecule has 4 aromatic rings. The predicted molar refractivity (Wildman–Crippen MR) is 117 cm³/mol. The van der Waals surface area contributed by atoms with E-state index in [4.69, 9.17) is 4.74 Å². The zero-order valence-corrected chi connectivity index (χ0v) is 17.3. The van der Waals surface area contributed by atoms with E-state index in [0.717, 1.165) is 33.8 Å². The molecule has 0 radical (unpaired) electrons. The summed E-state index contributed by atoms with van der Waals surface area (Å²) >= 11 is 0. The van der Waals surface area contributed by atoms with Crippen molar-refractivity contribution in [1.29, 1.82) is 0 Å². The molecule has 0 saturated heterocycles. The van der Waals surface area contributed by atoms with Gasteiger partial charge in [0, 0.05) is 28.8 Å². The van der Waals surface area contributed by atoms with E-state index in [1.165, 1.54) is 0 Å². The summed E-state index contributed by atoms with van der Waals surface area (Å²) < 4.78 is 5.49. The maximum Gasteiger partial charge on any atom is 0.213 e. The fourth-order valence-corrected chi connectivity index (χ4v) is 3.00. The van der Waals surface area contributed by atoms with Gasteiger partial charge in [-0.2, -0.15) is 0 Å². The van der Waals surface area contributed by atoms with Crippen LogP contribution < -0.4 is 9.84 Å². The zero-order valence-electron chi connectivity index (χ0n) is 17.3. The third-order valence-corrected chi connectivity index (χ3v) is 5.02. The second-order valence-corrected chi connectivity index (χ2v) is 7.93. The van der Waals surface area contributed by atoms with Crippen molar-refractivity contribution in [2.24, 2.45) is 5.41 Å². The summed E-state index contributed by atoms with van der Waals surface area (Å²) in [7, 11) is 0. The number of carboxylic acids is 1. The van der Waals surface area contributed by atoms with Gasteiger partial charge in [0.25, 0.3) is 0 Å². The van der Waals surface area contributed by atoms with E-state index in [2.05, 4.69) is 15.0 Å². The first-order chi connectivity index (χ1) is 14.9. The number of carbonyl (C=O) groups excluding carboxylic acids is 1. The molecule has 6 heteroatoms. The van der Waals surface area contributed by atoms with Crippen LogP contribution in [-0.4, -0.2) is 27.5 Å². The van der Waals surface area contributed by atoms with Crippen LogP contribution >= 0.6 is 0 Å². The predicted octanol–water partition coefficient (Wildman–Crippen LogP) is 3.96. The van der Waals surface area contributed by atoms with Gasteiger partial charge in [-0.1, -0.05) is 68.4 Å². The number of carboxylic acid groups (broad SMARTS) is 1. The number of aromatic amines is 1. The largest absolute Gasteiger partial charge is 0.549 e. The molecule has 2 aromatic heterocycles. The van der Waals surface area contributed by atoms with Crippen molar-refractivity contribution in [3.8, 4) is 39.7 Å². The Morgan fingerprint density at radius 1 is 0.871 bits per heavy atom. The van der Waals surface area contributed by atoms with Crippen molar-refractivity contribution in [2.75, 3.05) is 6.61 Å². The highest BCUT2D eigenvalue weighted by molar-refractivity contribution is 5.71. The summed E-state index contributed by atoms with van der Waals surface area (Å²) in [6.07, 6.45) is 3.54. The SMILES string of the molecule is CC(C)(COc1ccc(-c2ccc(-c3ncc(-c4ccccc4)[nH]3)cc2)cn1)C(=O)[O-]. The maximum atomic E-state index is 11.1. The second-order valence-electron chi connectivity index (χ2n) is 7.93. The Hall–Kier alpha value is -3.93. The first-order valence-electron chi connectivity index (χ1n) is 9.94. The van der Waals surface area contributed by atoms with Crippen LogP contribution in [0.5, 0.6) is 5.88 Å². The lowest BCUT2D eigenvalue weighted by molar-refractivity contribution is -0.318. The number of rotatable bonds is 7. The Kier molecular flexibility index (Phi) is 5.54. The van der Waals surface area contributed by atoms with Crippen molar-refractivity contribution in [2.45, 2.75) is 13.8 Å². The van der Waals surface area contributed by atoms with Gasteiger partial charge in [-0.05, 0) is 17.2 Å². The molecule has 0 aliphatic rings. The van der Waals surface area contributed by atoms with Crippen molar-refractivity contribution in [3.05, 3.63) is 79.1 Å². The first-order valence-corrected chi connectivity index (χ1v) is 9.94. The molecule has 0 fully saturated rings. The quantitative estimate of drug-likeness (QED) is 0.496. The molecule has 6 nitrogen and oxygen atoms in total. The third kappa shape index (κ3) is 4.64. The molecule has 2 heterocycles. The van der Waals surface area contributed by atoms with Crippen molar-refractivity contribution in [1.82, 2.24) is 15.0 Å². The van der Waals surface area contributed by atoms with Gasteiger partial charge >= 0.3 is 0 Å². The highest BCUT2D eigenvalue weighted by atomic mass is 16.5. The highest BCUT2D eigenvalue weighted by Crippen LogP contribution is 2.26. The molecule has 0 unspecified atom stereocenters. The monoisotopic (exact) mass is 412 g/mol. The van der Waals surface area contributed by atoms with Crippen LogP contribution in [0, 0.1) is 5.41 Å². The molecule has 2 aromatic carbocycles. The molecule has 0 atom stereocenters. The van der Waals surface area contributed by atoms with Crippen LogP contribution in [0.4, 0.5) is 0 Å². The van der Waals surface area contributed by atoms with E-state index in [1.54, 1.807) is 26.1 Å². The Morgan fingerprint density at radius 2 is 1.55 bits per heavy atom. The molecule has 0 bridgehead atoms. The van der Waals surface area contributed by atoms with Crippen LogP contribution in [0.2, 0.25) is 0 Å². The molecule has 0 amide bonds. The third-order valence-electron chi connectivity index (χ3n) is 5.02. The summed E-state index contributed by atoms with van der Waals surface area (Å²) in [6, 6.07) is 21.7. The summed E-state index contributed by atoms with van der Waals surface area (Å²) in [5.41, 5.74) is 3.91. The van der Waals surface area contributed by atoms with Crippen LogP contribution in [-0.2, 0) is 4.79 Å². The minimum Gasteiger partial charge on any atom is -0.549 e. The van der Waals surface area contributed by atoms with Gasteiger partial charge in [0.05, 0.1) is 17.9 Å². The first kappa shape index (κ1) is 20.3. The minimum absolute atomic E-state index is 0.00943. The molecule has 31 heavy (non-hydrogen) atoms. The van der Waals surface area contributed by atoms with Gasteiger partial charge in [-0.25, -0.2) is 9.97 Å². The molecule has 0 aliphatic carbocycles. The minimum atomic E-state index is -1.16. The average molecular weight is 412 g/mol. The van der Waals surface area contributed by atoms with E-state index in [-0.39, 0.29) is 6.61 Å². The lowest BCUT2D eigenvalue weighted by atomic mass is 9.95. The van der Waals surface area contributed by atoms with Gasteiger partial charge in [-0.15, -0.1) is 0 Å². The van der Waals surface area contributed by atoms with Gasteiger partial charge in [-0.3, -0.25) is 0 Å². The van der Waals surface area contributed by atoms with Crippen molar-refractivity contribution in [3.63, 3.8) is 0 Å². The van der Waals surface area contributed by atoms with Crippen LogP contribution in [0.15, 0.2) is 79.1 Å². The summed E-state index contributed by atoms with van der Waals surface area (Å²) in [5.74, 6) is 0.0261. The molecular formula is C25H22N3O3-. The molecular weight excluding hydrogens is 390 g/mol. The number of nitrogens with one attached hydrogen (secondary N) is 1. The summed E-state index contributed by atoms with van der Waals surface area (Å²) in [4.78, 5) is 23.2. The maximum absolute atomic E-state index is 11.1. The fraction of sp³-hybridized carbons (Fsp3) is 0.160. The number of imidazole rings is 1. The fourth-order valence-electron chi connectivity index (χ4n) is 3.00. The van der Waals surface area contributed by atoms with E-state index < -0.39 is 11.4 Å². The number of H-pyrrole nitrogens is 1. The Morgan fingerprint density at radius 3 is 2.19 bits per heavy atom. The number of nitrogens with zero attached hydrogens (tertiary/aromatic N) is 2. The molecule has 4 rings (SSSR count). The lowest BCUT2D eigenvalue weighted by Gasteiger charge is -2.25. The topological polar surface area (TPSA) is 90.9 Å². The van der Waals surface area contributed by atoms with E-state index in [9.17, 15) is 9.90 Å². The zero-order chi connectivity index (χ0) is 21.8. The number of hydrogen-bond acceptors (Lipinski definition) is 5. The number of pyridine rings is 1. The number of carbonyl (C=O) groups is 1. The van der Waals surface area contributed by atoms with Crippen LogP contribution in [0.1, 0.15) is 13.8 Å². The Labute approximate surface area is 180 Å². The van der Waals surface area contributed by atoms with Crippen molar-refractivity contribution < 1.29 is 14.6 Å². The van der Waals surface area contributed by atoms with Crippen LogP contribution in [0.3, 0.4) is 0 Å². The van der Waals surface area contributed by atoms with Crippen molar-refractivity contribution >= 4 is 5.97 Å². The van der Waals surface area contributed by atoms with E-state index in [0.29, 0.717) is 5.88 Å². The van der Waals surface area contributed by atoms with Gasteiger partial charge < -0.3 is 19.6 Å². The molecule has 0 saturated carbocycles. The number of ether oxygens (including phenoxy) is 1.